The fourth-order valence-corrected chi connectivity index (χ4v) is 2.87. The van der Waals surface area contributed by atoms with Crippen LogP contribution in [0, 0.1) is 6.92 Å². The lowest BCUT2D eigenvalue weighted by molar-refractivity contribution is 0.932. The number of imidazole rings is 1. The molecule has 5 heterocycles. The predicted molar refractivity (Wildman–Crippen MR) is 102 cm³/mol. The molecular formula is C17H15N11. The number of rotatable bonds is 5. The third-order valence-electron chi connectivity index (χ3n) is 3.98. The summed E-state index contributed by atoms with van der Waals surface area (Å²) >= 11 is 0. The average Bonchev–Trinajstić information content (AvgIpc) is 3.42. The van der Waals surface area contributed by atoms with Crippen LogP contribution >= 0.6 is 0 Å². The molecule has 0 saturated carbocycles. The van der Waals surface area contributed by atoms with Gasteiger partial charge in [0.2, 0.25) is 0 Å². The summed E-state index contributed by atoms with van der Waals surface area (Å²) in [5.41, 5.74) is 2.05. The number of aryl methyl sites for hydroxylation is 1. The molecule has 0 atom stereocenters. The maximum atomic E-state index is 4.64. The van der Waals surface area contributed by atoms with E-state index in [2.05, 4.69) is 51.1 Å². The molecule has 0 aromatic carbocycles. The Morgan fingerprint density at radius 3 is 2.43 bits per heavy atom. The second-order valence-electron chi connectivity index (χ2n) is 5.96. The Morgan fingerprint density at radius 1 is 0.893 bits per heavy atom. The summed E-state index contributed by atoms with van der Waals surface area (Å²) in [7, 11) is 0. The molecule has 0 spiro atoms. The van der Waals surface area contributed by atoms with Gasteiger partial charge >= 0.3 is 0 Å². The first-order chi connectivity index (χ1) is 13.8. The van der Waals surface area contributed by atoms with Gasteiger partial charge in [0.1, 0.15) is 17.3 Å². The highest BCUT2D eigenvalue weighted by Gasteiger charge is 2.18. The van der Waals surface area contributed by atoms with Crippen LogP contribution in [0.2, 0.25) is 0 Å². The van der Waals surface area contributed by atoms with E-state index in [1.54, 1.807) is 23.1 Å². The molecule has 0 radical (unpaired) electrons. The molecule has 0 aliphatic heterocycles. The van der Waals surface area contributed by atoms with E-state index in [9.17, 15) is 0 Å². The second kappa shape index (κ2) is 6.46. The van der Waals surface area contributed by atoms with Gasteiger partial charge in [0.05, 0.1) is 5.69 Å². The standard InChI is InChI=1S/C17H15N11/c1-10-21-11(9-14(22-10)23-12-4-7-18-26-12)16-17(24-13-5-8-19-27-13)25-15-3-2-6-20-28(15)16/h2-9H,1H3,(H2,19,24,27)(H2,18,21,22,23,26). The number of aromatic nitrogens is 9. The predicted octanol–water partition coefficient (Wildman–Crippen LogP) is 2.43. The molecular weight excluding hydrogens is 358 g/mol. The average molecular weight is 373 g/mol. The monoisotopic (exact) mass is 373 g/mol. The third-order valence-corrected chi connectivity index (χ3v) is 3.98. The van der Waals surface area contributed by atoms with Crippen LogP contribution in [0.25, 0.3) is 17.0 Å². The molecule has 28 heavy (non-hydrogen) atoms. The number of anilines is 4. The van der Waals surface area contributed by atoms with E-state index in [0.717, 1.165) is 0 Å². The van der Waals surface area contributed by atoms with Crippen molar-refractivity contribution in [3.05, 3.63) is 54.7 Å². The highest BCUT2D eigenvalue weighted by molar-refractivity contribution is 5.78. The summed E-state index contributed by atoms with van der Waals surface area (Å²) in [4.78, 5) is 13.7. The van der Waals surface area contributed by atoms with Crippen LogP contribution in [0.4, 0.5) is 23.3 Å². The van der Waals surface area contributed by atoms with E-state index in [4.69, 9.17) is 0 Å². The fourth-order valence-electron chi connectivity index (χ4n) is 2.87. The van der Waals surface area contributed by atoms with Crippen molar-refractivity contribution in [3.8, 4) is 11.4 Å². The molecule has 0 amide bonds. The zero-order valence-corrected chi connectivity index (χ0v) is 14.7. The van der Waals surface area contributed by atoms with Crippen molar-refractivity contribution < 1.29 is 0 Å². The minimum atomic E-state index is 0.592. The normalized spacial score (nSPS) is 11.0. The highest BCUT2D eigenvalue weighted by Crippen LogP contribution is 2.30. The van der Waals surface area contributed by atoms with Gasteiger partial charge in [-0.25, -0.2) is 19.5 Å². The van der Waals surface area contributed by atoms with Crippen LogP contribution in [-0.4, -0.2) is 45.0 Å². The van der Waals surface area contributed by atoms with Crippen molar-refractivity contribution in [2.45, 2.75) is 6.92 Å². The number of hydrogen-bond donors (Lipinski definition) is 4. The van der Waals surface area contributed by atoms with E-state index in [1.165, 1.54) is 0 Å². The van der Waals surface area contributed by atoms with Crippen molar-refractivity contribution in [2.75, 3.05) is 10.6 Å². The van der Waals surface area contributed by atoms with E-state index >= 15 is 0 Å². The van der Waals surface area contributed by atoms with Gasteiger partial charge in [-0.15, -0.1) is 0 Å². The lowest BCUT2D eigenvalue weighted by Crippen LogP contribution is -2.03. The van der Waals surface area contributed by atoms with Gasteiger partial charge in [0.15, 0.2) is 23.1 Å². The zero-order chi connectivity index (χ0) is 18.9. The van der Waals surface area contributed by atoms with E-state index < -0.39 is 0 Å². The van der Waals surface area contributed by atoms with Crippen LogP contribution in [-0.2, 0) is 0 Å². The van der Waals surface area contributed by atoms with Crippen molar-refractivity contribution >= 4 is 28.9 Å². The van der Waals surface area contributed by atoms with Gasteiger partial charge in [0, 0.05) is 36.8 Å². The second-order valence-corrected chi connectivity index (χ2v) is 5.96. The Kier molecular flexibility index (Phi) is 3.68. The lowest BCUT2D eigenvalue weighted by atomic mass is 10.2. The lowest BCUT2D eigenvalue weighted by Gasteiger charge is -2.08. The SMILES string of the molecule is Cc1nc(Nc2cc[nH]n2)cc(-c2c(Nc3cc[nH]n3)nc3cccnn23)n1. The van der Waals surface area contributed by atoms with Gasteiger partial charge in [-0.1, -0.05) is 0 Å². The van der Waals surface area contributed by atoms with E-state index in [-0.39, 0.29) is 0 Å². The van der Waals surface area contributed by atoms with Crippen LogP contribution in [0.15, 0.2) is 48.9 Å². The third kappa shape index (κ3) is 2.90. The molecule has 0 fully saturated rings. The van der Waals surface area contributed by atoms with Crippen molar-refractivity contribution in [1.82, 2.24) is 45.0 Å². The summed E-state index contributed by atoms with van der Waals surface area (Å²) in [5.74, 6) is 3.12. The molecule has 0 aliphatic carbocycles. The van der Waals surface area contributed by atoms with E-state index in [0.29, 0.717) is 46.1 Å². The van der Waals surface area contributed by atoms with Crippen molar-refractivity contribution in [1.29, 1.82) is 0 Å². The molecule has 0 unspecified atom stereocenters. The Hall–Kier alpha value is -4.28. The number of nitrogens with zero attached hydrogens (tertiary/aromatic N) is 7. The number of H-pyrrole nitrogens is 2. The fraction of sp³-hybridized carbons (Fsp3) is 0.0588. The molecule has 11 heteroatoms. The van der Waals surface area contributed by atoms with Crippen molar-refractivity contribution in [3.63, 3.8) is 0 Å². The topological polar surface area (TPSA) is 137 Å². The molecule has 0 aliphatic rings. The van der Waals surface area contributed by atoms with E-state index in [1.807, 2.05) is 37.3 Å². The zero-order valence-electron chi connectivity index (χ0n) is 14.7. The Balaban J connectivity index is 1.64. The maximum absolute atomic E-state index is 4.64. The summed E-state index contributed by atoms with van der Waals surface area (Å²) in [6.45, 7) is 1.83. The van der Waals surface area contributed by atoms with Gasteiger partial charge in [-0.3, -0.25) is 10.2 Å². The van der Waals surface area contributed by atoms with Gasteiger partial charge in [-0.05, 0) is 19.1 Å². The number of fused-ring (bicyclic) bond motifs is 1. The van der Waals surface area contributed by atoms with Gasteiger partial charge in [0.25, 0.3) is 0 Å². The Labute approximate surface area is 158 Å². The number of nitrogens with one attached hydrogen (secondary N) is 4. The summed E-state index contributed by atoms with van der Waals surface area (Å²) in [6, 6.07) is 9.17. The smallest absolute Gasteiger partial charge is 0.162 e. The quantitative estimate of drug-likeness (QED) is 0.368. The summed E-state index contributed by atoms with van der Waals surface area (Å²) < 4.78 is 1.73. The Bertz CT molecular complexity index is 1220. The highest BCUT2D eigenvalue weighted by atomic mass is 15.3. The first-order valence-electron chi connectivity index (χ1n) is 8.50. The van der Waals surface area contributed by atoms with Gasteiger partial charge < -0.3 is 10.6 Å². The molecule has 0 bridgehead atoms. The number of aromatic amines is 2. The molecule has 138 valence electrons. The van der Waals surface area contributed by atoms with Gasteiger partial charge in [-0.2, -0.15) is 15.3 Å². The van der Waals surface area contributed by atoms with Crippen LogP contribution in [0.3, 0.4) is 0 Å². The van der Waals surface area contributed by atoms with Crippen LogP contribution in [0.1, 0.15) is 5.82 Å². The molecule has 5 aromatic rings. The molecule has 0 saturated heterocycles. The molecule has 4 N–H and O–H groups in total. The minimum absolute atomic E-state index is 0.592. The molecule has 5 aromatic heterocycles. The first-order valence-corrected chi connectivity index (χ1v) is 8.50. The Morgan fingerprint density at radius 2 is 1.68 bits per heavy atom. The summed E-state index contributed by atoms with van der Waals surface area (Å²) in [6.07, 6.45) is 5.17. The first kappa shape index (κ1) is 15.9. The minimum Gasteiger partial charge on any atom is -0.323 e. The number of hydrogen-bond acceptors (Lipinski definition) is 8. The van der Waals surface area contributed by atoms with Crippen LogP contribution in [0.5, 0.6) is 0 Å². The molecule has 11 nitrogen and oxygen atoms in total. The largest absolute Gasteiger partial charge is 0.323 e. The summed E-state index contributed by atoms with van der Waals surface area (Å²) in [5, 5.41) is 24.6. The maximum Gasteiger partial charge on any atom is 0.162 e. The van der Waals surface area contributed by atoms with Crippen molar-refractivity contribution in [2.24, 2.45) is 0 Å². The van der Waals surface area contributed by atoms with Crippen LogP contribution < -0.4 is 10.6 Å². The molecule has 5 rings (SSSR count).